The van der Waals surface area contributed by atoms with Gasteiger partial charge < -0.3 is 9.64 Å². The summed E-state index contributed by atoms with van der Waals surface area (Å²) in [4.78, 5) is 2.18. The lowest BCUT2D eigenvalue weighted by atomic mass is 9.82. The summed E-state index contributed by atoms with van der Waals surface area (Å²) in [5, 5.41) is 0. The van der Waals surface area contributed by atoms with E-state index in [2.05, 4.69) is 59.8 Å². The molecule has 0 N–H and O–H groups in total. The van der Waals surface area contributed by atoms with Crippen molar-refractivity contribution in [3.05, 3.63) is 68.5 Å². The number of halogens is 2. The number of hydrogen-bond acceptors (Lipinski definition) is 2. The summed E-state index contributed by atoms with van der Waals surface area (Å²) in [7, 11) is 4.16. The average Bonchev–Trinajstić information content (AvgIpc) is 2.89. The van der Waals surface area contributed by atoms with Gasteiger partial charge in [0.2, 0.25) is 0 Å². The molecule has 0 spiro atoms. The lowest BCUT2D eigenvalue weighted by molar-refractivity contribution is -0.0140. The molecule has 1 unspecified atom stereocenters. The van der Waals surface area contributed by atoms with Crippen molar-refractivity contribution in [2.24, 2.45) is 0 Å². The fraction of sp³-hybridized carbons (Fsp3) is 0.368. The molecule has 0 aliphatic carbocycles. The Labute approximate surface area is 150 Å². The van der Waals surface area contributed by atoms with Crippen LogP contribution in [-0.2, 0) is 16.9 Å². The van der Waals surface area contributed by atoms with Crippen molar-refractivity contribution < 1.29 is 9.13 Å². The molecule has 0 amide bonds. The second-order valence-electron chi connectivity index (χ2n) is 6.30. The molecule has 0 aromatic heterocycles. The van der Waals surface area contributed by atoms with E-state index in [-0.39, 0.29) is 5.82 Å². The van der Waals surface area contributed by atoms with Crippen LogP contribution < -0.4 is 0 Å². The maximum absolute atomic E-state index is 13.4. The molecule has 4 heteroatoms. The molecule has 122 valence electrons. The Morgan fingerprint density at radius 2 is 1.91 bits per heavy atom. The zero-order valence-corrected chi connectivity index (χ0v) is 15.6. The molecule has 0 fully saturated rings. The number of fused-ring (bicyclic) bond motifs is 1. The Balaban J connectivity index is 2.02. The molecule has 2 nitrogen and oxygen atoms in total. The van der Waals surface area contributed by atoms with Crippen LogP contribution in [0.1, 0.15) is 29.5 Å². The zero-order chi connectivity index (χ0) is 16.4. The second-order valence-corrected chi connectivity index (χ2v) is 7.46. The van der Waals surface area contributed by atoms with Crippen molar-refractivity contribution in [1.82, 2.24) is 4.90 Å². The van der Waals surface area contributed by atoms with Gasteiger partial charge in [0.25, 0.3) is 0 Å². The van der Waals surface area contributed by atoms with Gasteiger partial charge in [0.05, 0.1) is 6.61 Å². The van der Waals surface area contributed by atoms with E-state index in [4.69, 9.17) is 4.74 Å². The van der Waals surface area contributed by atoms with Crippen LogP contribution in [0.5, 0.6) is 0 Å². The first kappa shape index (κ1) is 16.9. The summed E-state index contributed by atoms with van der Waals surface area (Å²) in [6, 6.07) is 13.1. The molecule has 1 aliphatic rings. The number of nitrogens with zero attached hydrogens (tertiary/aromatic N) is 1. The van der Waals surface area contributed by atoms with Crippen LogP contribution in [-0.4, -0.2) is 25.5 Å². The molecule has 0 saturated carbocycles. The first-order valence-corrected chi connectivity index (χ1v) is 8.93. The van der Waals surface area contributed by atoms with E-state index in [1.807, 2.05) is 12.1 Å². The Morgan fingerprint density at radius 3 is 2.61 bits per heavy atom. The number of benzene rings is 2. The van der Waals surface area contributed by atoms with Crippen LogP contribution in [0.2, 0.25) is 0 Å². The van der Waals surface area contributed by atoms with Crippen molar-refractivity contribution in [1.29, 1.82) is 0 Å². The Bertz CT molecular complexity index is 686. The van der Waals surface area contributed by atoms with Crippen LogP contribution in [0.25, 0.3) is 0 Å². The monoisotopic (exact) mass is 425 g/mol. The zero-order valence-electron chi connectivity index (χ0n) is 13.5. The van der Waals surface area contributed by atoms with Gasteiger partial charge in [-0.1, -0.05) is 24.3 Å². The molecule has 23 heavy (non-hydrogen) atoms. The maximum atomic E-state index is 13.4. The molecule has 1 heterocycles. The van der Waals surface area contributed by atoms with Crippen molar-refractivity contribution in [2.45, 2.75) is 25.0 Å². The quantitative estimate of drug-likeness (QED) is 0.653. The van der Waals surface area contributed by atoms with Gasteiger partial charge in [-0.25, -0.2) is 4.39 Å². The van der Waals surface area contributed by atoms with Gasteiger partial charge in [0, 0.05) is 3.57 Å². The van der Waals surface area contributed by atoms with E-state index in [0.717, 1.165) is 24.9 Å². The number of hydrogen-bond donors (Lipinski definition) is 0. The van der Waals surface area contributed by atoms with Gasteiger partial charge in [-0.05, 0) is 91.0 Å². The molecule has 0 radical (unpaired) electrons. The van der Waals surface area contributed by atoms with E-state index in [9.17, 15) is 4.39 Å². The van der Waals surface area contributed by atoms with E-state index < -0.39 is 5.60 Å². The van der Waals surface area contributed by atoms with Gasteiger partial charge in [-0.15, -0.1) is 0 Å². The van der Waals surface area contributed by atoms with Crippen LogP contribution in [0.3, 0.4) is 0 Å². The molecule has 1 atom stereocenters. The van der Waals surface area contributed by atoms with Crippen molar-refractivity contribution in [3.63, 3.8) is 0 Å². The molecule has 2 aromatic rings. The van der Waals surface area contributed by atoms with Crippen LogP contribution in [0.15, 0.2) is 42.5 Å². The van der Waals surface area contributed by atoms with Gasteiger partial charge >= 0.3 is 0 Å². The maximum Gasteiger partial charge on any atom is 0.123 e. The van der Waals surface area contributed by atoms with E-state index in [1.54, 1.807) is 0 Å². The third kappa shape index (κ3) is 3.30. The fourth-order valence-electron chi connectivity index (χ4n) is 3.31. The number of ether oxygens (including phenoxy) is 1. The highest BCUT2D eigenvalue weighted by atomic mass is 127. The first-order chi connectivity index (χ1) is 11.0. The highest BCUT2D eigenvalue weighted by Gasteiger charge is 2.41. The predicted molar refractivity (Wildman–Crippen MR) is 98.9 cm³/mol. The molecule has 3 rings (SSSR count). The van der Waals surface area contributed by atoms with E-state index >= 15 is 0 Å². The Kier molecular flexibility index (Phi) is 5.04. The Morgan fingerprint density at radius 1 is 1.17 bits per heavy atom. The molecule has 2 aromatic carbocycles. The summed E-state index contributed by atoms with van der Waals surface area (Å²) in [5.74, 6) is -0.210. The minimum atomic E-state index is -0.458. The largest absolute Gasteiger partial charge is 0.361 e. The van der Waals surface area contributed by atoms with E-state index in [0.29, 0.717) is 6.61 Å². The average molecular weight is 425 g/mol. The van der Waals surface area contributed by atoms with Gasteiger partial charge in [0.1, 0.15) is 11.4 Å². The van der Waals surface area contributed by atoms with Crippen molar-refractivity contribution in [3.8, 4) is 0 Å². The van der Waals surface area contributed by atoms with Crippen LogP contribution >= 0.6 is 22.6 Å². The first-order valence-electron chi connectivity index (χ1n) is 7.85. The van der Waals surface area contributed by atoms with Gasteiger partial charge in [0.15, 0.2) is 0 Å². The summed E-state index contributed by atoms with van der Waals surface area (Å²) in [5.41, 5.74) is 3.08. The summed E-state index contributed by atoms with van der Waals surface area (Å²) >= 11 is 2.37. The smallest absolute Gasteiger partial charge is 0.123 e. The minimum absolute atomic E-state index is 0.210. The topological polar surface area (TPSA) is 12.5 Å². The third-order valence-electron chi connectivity index (χ3n) is 4.46. The summed E-state index contributed by atoms with van der Waals surface area (Å²) in [6.07, 6.45) is 1.92. The minimum Gasteiger partial charge on any atom is -0.361 e. The Hall–Kier alpha value is -0.980. The van der Waals surface area contributed by atoms with Crippen molar-refractivity contribution >= 4 is 22.6 Å². The summed E-state index contributed by atoms with van der Waals surface area (Å²) < 4.78 is 21.0. The SMILES string of the molecule is CN(C)CCCC1(c2ccc(F)cc2)OCc2c(I)cccc21. The molecule has 0 saturated heterocycles. The highest BCUT2D eigenvalue weighted by Crippen LogP contribution is 2.46. The predicted octanol–water partition coefficient (Wildman–Crippen LogP) is 4.55. The normalized spacial score (nSPS) is 20.0. The van der Waals surface area contributed by atoms with Crippen LogP contribution in [0.4, 0.5) is 4.39 Å². The van der Waals surface area contributed by atoms with Gasteiger partial charge in [-0.3, -0.25) is 0 Å². The van der Waals surface area contributed by atoms with Crippen LogP contribution in [0, 0.1) is 9.39 Å². The van der Waals surface area contributed by atoms with Crippen molar-refractivity contribution in [2.75, 3.05) is 20.6 Å². The van der Waals surface area contributed by atoms with E-state index in [1.165, 1.54) is 26.8 Å². The lowest BCUT2D eigenvalue weighted by Gasteiger charge is -2.31. The molecule has 1 aliphatic heterocycles. The number of rotatable bonds is 5. The fourth-order valence-corrected chi connectivity index (χ4v) is 3.96. The lowest BCUT2D eigenvalue weighted by Crippen LogP contribution is -2.28. The molecular formula is C19H21FINO. The highest BCUT2D eigenvalue weighted by molar-refractivity contribution is 14.1. The molecular weight excluding hydrogens is 404 g/mol. The standard InChI is InChI=1S/C19H21FINO/c1-22(2)12-4-11-19(14-7-9-15(20)10-8-14)17-5-3-6-18(21)16(17)13-23-19/h3,5-10H,4,11-13H2,1-2H3. The van der Waals surface area contributed by atoms with Gasteiger partial charge in [-0.2, -0.15) is 0 Å². The second kappa shape index (κ2) is 6.87. The molecule has 0 bridgehead atoms. The third-order valence-corrected chi connectivity index (χ3v) is 5.47. The summed E-state index contributed by atoms with van der Waals surface area (Å²) in [6.45, 7) is 1.62.